The Bertz CT molecular complexity index is 243. The van der Waals surface area contributed by atoms with Gasteiger partial charge >= 0.3 is 0 Å². The van der Waals surface area contributed by atoms with E-state index in [-0.39, 0.29) is 0 Å². The summed E-state index contributed by atoms with van der Waals surface area (Å²) in [6.45, 7) is 4.62. The zero-order valence-electron chi connectivity index (χ0n) is 18.7. The second-order valence-electron chi connectivity index (χ2n) is 9.43. The van der Waals surface area contributed by atoms with Crippen molar-refractivity contribution in [2.45, 2.75) is 155 Å². The smallest absolute Gasteiger partial charge is 0.0412 e. The minimum Gasteiger partial charge on any atom is -0.0654 e. The summed E-state index contributed by atoms with van der Waals surface area (Å²) in [5.74, 6) is 2.17. The number of hydrogen-bond donors (Lipinski definition) is 0. The average Bonchev–Trinajstić information content (AvgIpc) is 2.66. The van der Waals surface area contributed by atoms with E-state index in [2.05, 4.69) is 13.8 Å². The monoisotopic (exact) mass is 364 g/mol. The summed E-state index contributed by atoms with van der Waals surface area (Å²) in [6, 6.07) is 0. The molecule has 156 valence electrons. The van der Waals surface area contributed by atoms with Gasteiger partial charge in [0.25, 0.3) is 0 Å². The molecule has 0 spiro atoms. The van der Waals surface area contributed by atoms with E-state index in [4.69, 9.17) is 0 Å². The summed E-state index contributed by atoms with van der Waals surface area (Å²) in [6.07, 6.45) is 32.9. The summed E-state index contributed by atoms with van der Waals surface area (Å²) < 4.78 is 0. The second-order valence-corrected chi connectivity index (χ2v) is 9.43. The molecule has 1 fully saturated rings. The van der Waals surface area contributed by atoms with Crippen molar-refractivity contribution in [3.8, 4) is 0 Å². The zero-order valence-corrected chi connectivity index (χ0v) is 18.7. The molecular formula is C26H52. The van der Waals surface area contributed by atoms with Crippen LogP contribution in [0.5, 0.6) is 0 Å². The highest BCUT2D eigenvalue weighted by atomic mass is 14.3. The van der Waals surface area contributed by atoms with Crippen LogP contribution in [0.25, 0.3) is 0 Å². The van der Waals surface area contributed by atoms with Gasteiger partial charge in [0.15, 0.2) is 0 Å². The average molecular weight is 365 g/mol. The Hall–Kier alpha value is 0. The van der Waals surface area contributed by atoms with Crippen molar-refractivity contribution in [1.29, 1.82) is 0 Å². The van der Waals surface area contributed by atoms with E-state index in [0.717, 1.165) is 11.8 Å². The van der Waals surface area contributed by atoms with Crippen molar-refractivity contribution in [3.63, 3.8) is 0 Å². The maximum atomic E-state index is 2.31. The van der Waals surface area contributed by atoms with Gasteiger partial charge in [-0.25, -0.2) is 0 Å². The van der Waals surface area contributed by atoms with Gasteiger partial charge in [-0.3, -0.25) is 0 Å². The van der Waals surface area contributed by atoms with E-state index in [1.165, 1.54) is 109 Å². The van der Waals surface area contributed by atoms with Crippen molar-refractivity contribution in [2.75, 3.05) is 0 Å². The van der Waals surface area contributed by atoms with Gasteiger partial charge in [-0.05, 0) is 18.3 Å². The molecule has 0 bridgehead atoms. The van der Waals surface area contributed by atoms with Crippen molar-refractivity contribution in [1.82, 2.24) is 0 Å². The lowest BCUT2D eigenvalue weighted by atomic mass is 9.77. The molecule has 0 N–H and O–H groups in total. The number of rotatable bonds is 18. The Kier molecular flexibility index (Phi) is 17.0. The van der Waals surface area contributed by atoms with Crippen LogP contribution in [0, 0.1) is 11.8 Å². The topological polar surface area (TPSA) is 0 Å². The Labute approximate surface area is 167 Å². The van der Waals surface area contributed by atoms with Crippen LogP contribution in [-0.2, 0) is 0 Å². The van der Waals surface area contributed by atoms with E-state index < -0.39 is 0 Å². The molecule has 0 nitrogen and oxygen atoms in total. The lowest BCUT2D eigenvalue weighted by Crippen LogP contribution is -2.15. The highest BCUT2D eigenvalue weighted by molar-refractivity contribution is 4.73. The van der Waals surface area contributed by atoms with E-state index in [9.17, 15) is 0 Å². The van der Waals surface area contributed by atoms with Crippen LogP contribution in [-0.4, -0.2) is 0 Å². The molecule has 0 aromatic carbocycles. The zero-order chi connectivity index (χ0) is 18.7. The number of hydrogen-bond acceptors (Lipinski definition) is 0. The van der Waals surface area contributed by atoms with E-state index in [1.807, 2.05) is 0 Å². The van der Waals surface area contributed by atoms with Gasteiger partial charge in [0.2, 0.25) is 0 Å². The molecule has 0 heterocycles. The quantitative estimate of drug-likeness (QED) is 0.212. The van der Waals surface area contributed by atoms with Crippen molar-refractivity contribution < 1.29 is 0 Å². The molecule has 1 saturated carbocycles. The molecule has 0 aromatic rings. The molecule has 0 amide bonds. The van der Waals surface area contributed by atoms with Crippen LogP contribution in [0.15, 0.2) is 0 Å². The number of unbranched alkanes of at least 4 members (excludes halogenated alkanes) is 14. The minimum absolute atomic E-state index is 1.09. The van der Waals surface area contributed by atoms with Crippen LogP contribution in [0.4, 0.5) is 0 Å². The van der Waals surface area contributed by atoms with Gasteiger partial charge in [0, 0.05) is 0 Å². The van der Waals surface area contributed by atoms with Gasteiger partial charge in [0.1, 0.15) is 0 Å². The molecule has 0 heteroatoms. The highest BCUT2D eigenvalue weighted by Gasteiger charge is 2.21. The van der Waals surface area contributed by atoms with E-state index in [1.54, 1.807) is 32.1 Å². The predicted octanol–water partition coefficient (Wildman–Crippen LogP) is 9.85. The van der Waals surface area contributed by atoms with Gasteiger partial charge in [-0.15, -0.1) is 0 Å². The van der Waals surface area contributed by atoms with Crippen molar-refractivity contribution >= 4 is 0 Å². The molecule has 0 saturated heterocycles. The molecular weight excluding hydrogens is 312 g/mol. The second kappa shape index (κ2) is 18.4. The largest absolute Gasteiger partial charge is 0.0654 e. The van der Waals surface area contributed by atoms with Crippen LogP contribution in [0.1, 0.15) is 155 Å². The molecule has 1 aliphatic rings. The van der Waals surface area contributed by atoms with E-state index >= 15 is 0 Å². The Balaban J connectivity index is 1.91. The SMILES string of the molecule is CCCCCCCCCCC1CCCC(CCCCCCCCCC)C1. The summed E-state index contributed by atoms with van der Waals surface area (Å²) in [4.78, 5) is 0. The first kappa shape index (κ1) is 24.0. The Morgan fingerprint density at radius 3 is 1.19 bits per heavy atom. The van der Waals surface area contributed by atoms with Crippen LogP contribution >= 0.6 is 0 Å². The van der Waals surface area contributed by atoms with Crippen LogP contribution in [0.3, 0.4) is 0 Å². The lowest BCUT2D eigenvalue weighted by molar-refractivity contribution is 0.235. The standard InChI is InChI=1S/C26H52/c1-3-5-7-9-11-13-15-17-20-25-22-19-23-26(24-25)21-18-16-14-12-10-8-6-4-2/h25-26H,3-24H2,1-2H3. The fourth-order valence-corrected chi connectivity index (χ4v) is 5.06. The first-order valence-corrected chi connectivity index (χ1v) is 12.9. The predicted molar refractivity (Wildman–Crippen MR) is 120 cm³/mol. The van der Waals surface area contributed by atoms with Gasteiger partial charge in [-0.1, -0.05) is 149 Å². The van der Waals surface area contributed by atoms with Gasteiger partial charge in [0.05, 0.1) is 0 Å². The molecule has 0 radical (unpaired) electrons. The summed E-state index contributed by atoms with van der Waals surface area (Å²) in [7, 11) is 0. The third-order valence-electron chi connectivity index (χ3n) is 6.82. The maximum Gasteiger partial charge on any atom is -0.0412 e. The third kappa shape index (κ3) is 14.1. The fourth-order valence-electron chi connectivity index (χ4n) is 5.06. The van der Waals surface area contributed by atoms with E-state index in [0.29, 0.717) is 0 Å². The maximum absolute atomic E-state index is 2.31. The lowest BCUT2D eigenvalue weighted by Gasteiger charge is -2.29. The normalized spacial score (nSPS) is 20.5. The summed E-state index contributed by atoms with van der Waals surface area (Å²) in [5, 5.41) is 0. The van der Waals surface area contributed by atoms with Crippen molar-refractivity contribution in [2.24, 2.45) is 11.8 Å². The van der Waals surface area contributed by atoms with Crippen molar-refractivity contribution in [3.05, 3.63) is 0 Å². The molecule has 1 aliphatic carbocycles. The van der Waals surface area contributed by atoms with Gasteiger partial charge < -0.3 is 0 Å². The Morgan fingerprint density at radius 1 is 0.462 bits per heavy atom. The highest BCUT2D eigenvalue weighted by Crippen LogP contribution is 2.35. The molecule has 1 rings (SSSR count). The Morgan fingerprint density at radius 2 is 0.808 bits per heavy atom. The van der Waals surface area contributed by atoms with Crippen LogP contribution in [0.2, 0.25) is 0 Å². The molecule has 26 heavy (non-hydrogen) atoms. The fraction of sp³-hybridized carbons (Fsp3) is 1.00. The first-order chi connectivity index (χ1) is 12.9. The first-order valence-electron chi connectivity index (χ1n) is 12.9. The van der Waals surface area contributed by atoms with Crippen LogP contribution < -0.4 is 0 Å². The van der Waals surface area contributed by atoms with Gasteiger partial charge in [-0.2, -0.15) is 0 Å². The summed E-state index contributed by atoms with van der Waals surface area (Å²) >= 11 is 0. The molecule has 2 atom stereocenters. The molecule has 0 aromatic heterocycles. The minimum atomic E-state index is 1.09. The summed E-state index contributed by atoms with van der Waals surface area (Å²) in [5.41, 5.74) is 0. The molecule has 2 unspecified atom stereocenters. The molecule has 0 aliphatic heterocycles. The third-order valence-corrected chi connectivity index (χ3v) is 6.82.